The fourth-order valence-corrected chi connectivity index (χ4v) is 3.72. The predicted octanol–water partition coefficient (Wildman–Crippen LogP) is 1.63. The molecule has 1 aliphatic carbocycles. The van der Waals surface area contributed by atoms with Crippen LogP contribution in [0.1, 0.15) is 18.5 Å². The van der Waals surface area contributed by atoms with Crippen molar-refractivity contribution in [2.24, 2.45) is 17.6 Å². The van der Waals surface area contributed by atoms with Crippen LogP contribution in [0.5, 0.6) is 0 Å². The third-order valence-electron chi connectivity index (χ3n) is 3.83. The molecule has 2 fully saturated rings. The second-order valence-corrected chi connectivity index (χ2v) is 5.67. The van der Waals surface area contributed by atoms with Crippen molar-refractivity contribution in [1.29, 1.82) is 0 Å². The first-order valence-corrected chi connectivity index (χ1v) is 6.45. The lowest BCUT2D eigenvalue weighted by molar-refractivity contribution is 0.357. The van der Waals surface area contributed by atoms with E-state index in [0.717, 1.165) is 18.8 Å². The van der Waals surface area contributed by atoms with E-state index in [2.05, 4.69) is 22.3 Å². The Bertz CT molecular complexity index is 348. The fourth-order valence-electron chi connectivity index (χ4n) is 2.94. The summed E-state index contributed by atoms with van der Waals surface area (Å²) >= 11 is 1.62. The van der Waals surface area contributed by atoms with Crippen LogP contribution in [0.4, 0.5) is 5.00 Å². The highest BCUT2D eigenvalue weighted by molar-refractivity contribution is 7.10. The van der Waals surface area contributed by atoms with Gasteiger partial charge in [0.2, 0.25) is 0 Å². The summed E-state index contributed by atoms with van der Waals surface area (Å²) < 4.78 is 4.35. The number of aromatic nitrogens is 1. The molecule has 2 heterocycles. The first kappa shape index (κ1) is 9.60. The van der Waals surface area contributed by atoms with Gasteiger partial charge in [-0.25, -0.2) is 0 Å². The van der Waals surface area contributed by atoms with Gasteiger partial charge in [0.15, 0.2) is 0 Å². The summed E-state index contributed by atoms with van der Waals surface area (Å²) in [6.07, 6.45) is 2.64. The van der Waals surface area contributed by atoms with Gasteiger partial charge >= 0.3 is 0 Å². The van der Waals surface area contributed by atoms with Gasteiger partial charge in [-0.15, -0.1) is 0 Å². The molecule has 2 aliphatic rings. The molecule has 1 saturated carbocycles. The number of aryl methyl sites for hydroxylation is 1. The van der Waals surface area contributed by atoms with E-state index in [9.17, 15) is 0 Å². The summed E-state index contributed by atoms with van der Waals surface area (Å²) in [5, 5.41) is 1.33. The molecule has 2 N–H and O–H groups in total. The minimum atomic E-state index is 0.454. The fraction of sp³-hybridized carbons (Fsp3) is 0.727. The van der Waals surface area contributed by atoms with Crippen LogP contribution in [0.15, 0.2) is 6.07 Å². The number of rotatable bonds is 1. The van der Waals surface area contributed by atoms with Gasteiger partial charge in [-0.1, -0.05) is 0 Å². The van der Waals surface area contributed by atoms with Crippen molar-refractivity contribution in [2.75, 3.05) is 18.0 Å². The first-order chi connectivity index (χ1) is 7.24. The highest BCUT2D eigenvalue weighted by Crippen LogP contribution is 2.38. The van der Waals surface area contributed by atoms with E-state index >= 15 is 0 Å². The van der Waals surface area contributed by atoms with Gasteiger partial charge in [-0.3, -0.25) is 0 Å². The smallest absolute Gasteiger partial charge is 0.112 e. The van der Waals surface area contributed by atoms with E-state index in [1.165, 1.54) is 17.8 Å². The van der Waals surface area contributed by atoms with Crippen molar-refractivity contribution < 1.29 is 0 Å². The van der Waals surface area contributed by atoms with Crippen LogP contribution in [0.2, 0.25) is 0 Å². The first-order valence-electron chi connectivity index (χ1n) is 5.68. The quantitative estimate of drug-likeness (QED) is 0.786. The molecule has 1 aliphatic heterocycles. The molecule has 2 bridgehead atoms. The van der Waals surface area contributed by atoms with Crippen LogP contribution in [-0.4, -0.2) is 23.5 Å². The van der Waals surface area contributed by atoms with Crippen molar-refractivity contribution in [3.63, 3.8) is 0 Å². The number of hydrogen-bond acceptors (Lipinski definition) is 4. The van der Waals surface area contributed by atoms with Crippen molar-refractivity contribution in [3.8, 4) is 0 Å². The summed E-state index contributed by atoms with van der Waals surface area (Å²) in [4.78, 5) is 2.48. The second-order valence-electron chi connectivity index (χ2n) is 4.89. The molecule has 1 aromatic rings. The van der Waals surface area contributed by atoms with Gasteiger partial charge in [-0.2, -0.15) is 4.37 Å². The molecule has 0 spiro atoms. The minimum absolute atomic E-state index is 0.454. The molecular weight excluding hydrogens is 206 g/mol. The molecule has 1 aromatic heterocycles. The van der Waals surface area contributed by atoms with Gasteiger partial charge in [0.05, 0.1) is 5.69 Å². The van der Waals surface area contributed by atoms with Crippen LogP contribution in [0.3, 0.4) is 0 Å². The highest BCUT2D eigenvalue weighted by atomic mass is 32.1. The lowest BCUT2D eigenvalue weighted by atomic mass is 9.93. The summed E-state index contributed by atoms with van der Waals surface area (Å²) in [6.45, 7) is 4.34. The van der Waals surface area contributed by atoms with Crippen molar-refractivity contribution in [2.45, 2.75) is 25.8 Å². The zero-order valence-electron chi connectivity index (χ0n) is 9.02. The molecule has 4 heteroatoms. The zero-order valence-corrected chi connectivity index (χ0v) is 9.83. The van der Waals surface area contributed by atoms with Gasteiger partial charge < -0.3 is 10.6 Å². The summed E-state index contributed by atoms with van der Waals surface area (Å²) in [7, 11) is 0. The highest BCUT2D eigenvalue weighted by Gasteiger charge is 2.40. The average Bonchev–Trinajstić information content (AvgIpc) is 2.70. The second kappa shape index (κ2) is 3.46. The average molecular weight is 223 g/mol. The molecule has 82 valence electrons. The van der Waals surface area contributed by atoms with Gasteiger partial charge in [0, 0.05) is 19.1 Å². The molecule has 0 unspecified atom stereocenters. The Morgan fingerprint density at radius 3 is 2.60 bits per heavy atom. The normalized spacial score (nSPS) is 34.8. The number of fused-ring (bicyclic) bond motifs is 2. The lowest BCUT2D eigenvalue weighted by Gasteiger charge is -2.36. The van der Waals surface area contributed by atoms with Crippen LogP contribution >= 0.6 is 11.5 Å². The molecule has 0 aromatic carbocycles. The third kappa shape index (κ3) is 1.56. The van der Waals surface area contributed by atoms with Gasteiger partial charge in [0.1, 0.15) is 5.00 Å². The van der Waals surface area contributed by atoms with Gasteiger partial charge in [-0.05, 0) is 49.2 Å². The molecule has 3 nitrogen and oxygen atoms in total. The lowest BCUT2D eigenvalue weighted by Crippen LogP contribution is -2.48. The van der Waals surface area contributed by atoms with E-state index in [0.29, 0.717) is 17.9 Å². The van der Waals surface area contributed by atoms with E-state index in [1.54, 1.807) is 11.5 Å². The summed E-state index contributed by atoms with van der Waals surface area (Å²) in [5.74, 6) is 1.43. The van der Waals surface area contributed by atoms with E-state index in [-0.39, 0.29) is 0 Å². The molecular formula is C11H17N3S. The van der Waals surface area contributed by atoms with Crippen molar-refractivity contribution in [3.05, 3.63) is 11.8 Å². The van der Waals surface area contributed by atoms with E-state index < -0.39 is 0 Å². The maximum atomic E-state index is 6.19. The van der Waals surface area contributed by atoms with E-state index in [4.69, 9.17) is 5.73 Å². The maximum Gasteiger partial charge on any atom is 0.112 e. The molecule has 0 radical (unpaired) electrons. The SMILES string of the molecule is Cc1cc(N2C[C@H]3CC[C@@H](C2)[C@@H]3N)sn1. The molecule has 1 saturated heterocycles. The number of anilines is 1. The Labute approximate surface area is 94.4 Å². The summed E-state index contributed by atoms with van der Waals surface area (Å²) in [6, 6.07) is 2.65. The molecule has 3 rings (SSSR count). The standard InChI is InChI=1S/C11H17N3S/c1-7-4-10(15-13-7)14-5-8-2-3-9(6-14)11(8)12/h4,8-9,11H,2-3,5-6,12H2,1H3/t8-,9+,11-. The number of nitrogens with two attached hydrogens (primary N) is 1. The Balaban J connectivity index is 1.80. The zero-order chi connectivity index (χ0) is 10.4. The Kier molecular flexibility index (Phi) is 2.21. The maximum absolute atomic E-state index is 6.19. The predicted molar refractivity (Wildman–Crippen MR) is 63.3 cm³/mol. The Morgan fingerprint density at radius 1 is 1.40 bits per heavy atom. The number of nitrogens with zero attached hydrogens (tertiary/aromatic N) is 2. The molecule has 15 heavy (non-hydrogen) atoms. The largest absolute Gasteiger partial charge is 0.362 e. The van der Waals surface area contributed by atoms with Crippen LogP contribution in [0, 0.1) is 18.8 Å². The molecule has 0 amide bonds. The Morgan fingerprint density at radius 2 is 2.07 bits per heavy atom. The van der Waals surface area contributed by atoms with Crippen LogP contribution in [0.25, 0.3) is 0 Å². The third-order valence-corrected chi connectivity index (χ3v) is 4.78. The minimum Gasteiger partial charge on any atom is -0.362 e. The van der Waals surface area contributed by atoms with Crippen molar-refractivity contribution >= 4 is 16.5 Å². The summed E-state index contributed by atoms with van der Waals surface area (Å²) in [5.41, 5.74) is 7.33. The van der Waals surface area contributed by atoms with Crippen molar-refractivity contribution in [1.82, 2.24) is 4.37 Å². The molecule has 3 atom stereocenters. The number of piperidine rings is 1. The topological polar surface area (TPSA) is 42.1 Å². The van der Waals surface area contributed by atoms with Gasteiger partial charge in [0.25, 0.3) is 0 Å². The number of hydrogen-bond donors (Lipinski definition) is 1. The van der Waals surface area contributed by atoms with E-state index in [1.807, 2.05) is 0 Å². The monoisotopic (exact) mass is 223 g/mol. The van der Waals surface area contributed by atoms with Crippen LogP contribution < -0.4 is 10.6 Å². The van der Waals surface area contributed by atoms with Crippen LogP contribution in [-0.2, 0) is 0 Å². The Hall–Kier alpha value is -0.610.